The van der Waals surface area contributed by atoms with Crippen molar-refractivity contribution in [3.05, 3.63) is 28.2 Å². The molecule has 0 fully saturated rings. The number of nitrogens with zero attached hydrogens (tertiary/aromatic N) is 2. The molecule has 0 aliphatic heterocycles. The maximum Gasteiger partial charge on any atom is 0.240 e. The van der Waals surface area contributed by atoms with Crippen LogP contribution in [0.15, 0.2) is 18.2 Å². The first kappa shape index (κ1) is 19.0. The molecule has 1 N–H and O–H groups in total. The molecule has 1 amide bonds. The van der Waals surface area contributed by atoms with Gasteiger partial charge in [0.1, 0.15) is 6.54 Å². The van der Waals surface area contributed by atoms with Gasteiger partial charge in [0.2, 0.25) is 15.9 Å². The molecule has 6 nitrogen and oxygen atoms in total. The second-order valence-corrected chi connectivity index (χ2v) is 7.74. The number of likely N-dealkylation sites (N-methyl/N-ethyl adjacent to an activating group) is 1. The Morgan fingerprint density at radius 1 is 1.23 bits per heavy atom. The quantitative estimate of drug-likeness (QED) is 0.791. The summed E-state index contributed by atoms with van der Waals surface area (Å²) in [5.74, 6) is -0.390. The zero-order valence-electron chi connectivity index (χ0n) is 12.6. The van der Waals surface area contributed by atoms with E-state index < -0.39 is 15.9 Å². The Balaban J connectivity index is 2.86. The van der Waals surface area contributed by atoms with E-state index >= 15 is 0 Å². The van der Waals surface area contributed by atoms with Crippen molar-refractivity contribution in [2.24, 2.45) is 0 Å². The average molecular weight is 368 g/mol. The monoisotopic (exact) mass is 367 g/mol. The molecular weight excluding hydrogens is 349 g/mol. The van der Waals surface area contributed by atoms with Crippen molar-refractivity contribution in [2.45, 2.75) is 0 Å². The van der Waals surface area contributed by atoms with Crippen LogP contribution in [0.4, 0.5) is 5.69 Å². The van der Waals surface area contributed by atoms with Crippen molar-refractivity contribution < 1.29 is 13.2 Å². The third-order valence-electron chi connectivity index (χ3n) is 2.76. The Kier molecular flexibility index (Phi) is 6.93. The van der Waals surface area contributed by atoms with E-state index in [1.807, 2.05) is 19.0 Å². The molecule has 0 spiro atoms. The van der Waals surface area contributed by atoms with E-state index in [0.29, 0.717) is 23.8 Å². The number of hydrogen-bond donors (Lipinski definition) is 1. The molecule has 1 rings (SSSR count). The number of carbonyl (C=O) groups excluding carboxylic acids is 1. The molecule has 0 aliphatic carbocycles. The van der Waals surface area contributed by atoms with Crippen molar-refractivity contribution >= 4 is 44.8 Å². The number of carbonyl (C=O) groups is 1. The maximum atomic E-state index is 11.9. The third kappa shape index (κ3) is 6.00. The van der Waals surface area contributed by atoms with Crippen molar-refractivity contribution in [1.29, 1.82) is 0 Å². The Labute approximate surface area is 141 Å². The molecule has 0 saturated heterocycles. The fourth-order valence-electron chi connectivity index (χ4n) is 1.65. The van der Waals surface area contributed by atoms with Crippen molar-refractivity contribution in [1.82, 2.24) is 10.2 Å². The molecule has 0 unspecified atom stereocenters. The summed E-state index contributed by atoms with van der Waals surface area (Å²) < 4.78 is 24.8. The van der Waals surface area contributed by atoms with E-state index in [-0.39, 0.29) is 11.6 Å². The summed E-state index contributed by atoms with van der Waals surface area (Å²) >= 11 is 11.7. The molecule has 124 valence electrons. The largest absolute Gasteiger partial charge is 0.353 e. The zero-order chi connectivity index (χ0) is 16.9. The molecule has 1 aromatic rings. The molecule has 9 heteroatoms. The normalized spacial score (nSPS) is 11.5. The minimum Gasteiger partial charge on any atom is -0.353 e. The molecule has 1 aromatic carbocycles. The summed E-state index contributed by atoms with van der Waals surface area (Å²) in [6.07, 6.45) is 1.03. The van der Waals surface area contributed by atoms with E-state index in [9.17, 15) is 13.2 Å². The molecule has 0 bridgehead atoms. The van der Waals surface area contributed by atoms with E-state index in [1.54, 1.807) is 0 Å². The van der Waals surface area contributed by atoms with Crippen molar-refractivity contribution in [3.63, 3.8) is 0 Å². The Morgan fingerprint density at radius 3 is 2.36 bits per heavy atom. The third-order valence-corrected chi connectivity index (χ3v) is 4.64. The SMILES string of the molecule is CN(C)CCNC(=O)CN(c1ccc(Cl)c(Cl)c1)S(C)(=O)=O. The molecule has 22 heavy (non-hydrogen) atoms. The van der Waals surface area contributed by atoms with Gasteiger partial charge in [-0.05, 0) is 32.3 Å². The van der Waals surface area contributed by atoms with Gasteiger partial charge in [0.25, 0.3) is 0 Å². The lowest BCUT2D eigenvalue weighted by atomic mass is 10.3. The first-order valence-electron chi connectivity index (χ1n) is 6.45. The second-order valence-electron chi connectivity index (χ2n) is 5.02. The summed E-state index contributed by atoms with van der Waals surface area (Å²) in [4.78, 5) is 13.8. The number of nitrogens with one attached hydrogen (secondary N) is 1. The fraction of sp³-hybridized carbons (Fsp3) is 0.462. The molecule has 0 aliphatic rings. The van der Waals surface area contributed by atoms with Crippen LogP contribution in [-0.4, -0.2) is 59.2 Å². The highest BCUT2D eigenvalue weighted by Crippen LogP contribution is 2.28. The molecule has 0 aromatic heterocycles. The Hall–Kier alpha value is -1.02. The van der Waals surface area contributed by atoms with Crippen LogP contribution in [0.2, 0.25) is 10.0 Å². The lowest BCUT2D eigenvalue weighted by Crippen LogP contribution is -2.42. The predicted molar refractivity (Wildman–Crippen MR) is 90.2 cm³/mol. The molecule has 0 saturated carbocycles. The maximum absolute atomic E-state index is 11.9. The van der Waals surface area contributed by atoms with E-state index in [0.717, 1.165) is 10.6 Å². The van der Waals surface area contributed by atoms with Gasteiger partial charge in [-0.1, -0.05) is 23.2 Å². The molecular formula is C13H19Cl2N3O3S. The number of rotatable bonds is 7. The smallest absolute Gasteiger partial charge is 0.240 e. The topological polar surface area (TPSA) is 69.7 Å². The van der Waals surface area contributed by atoms with E-state index in [4.69, 9.17) is 23.2 Å². The van der Waals surface area contributed by atoms with Crippen LogP contribution >= 0.6 is 23.2 Å². The average Bonchev–Trinajstić information content (AvgIpc) is 2.37. The number of halogens is 2. The van der Waals surface area contributed by atoms with Gasteiger partial charge in [0.05, 0.1) is 22.0 Å². The Bertz CT molecular complexity index is 635. The number of anilines is 1. The summed E-state index contributed by atoms with van der Waals surface area (Å²) in [5.41, 5.74) is 0.291. The number of benzene rings is 1. The highest BCUT2D eigenvalue weighted by molar-refractivity contribution is 7.92. The fourth-order valence-corrected chi connectivity index (χ4v) is 2.79. The summed E-state index contributed by atoms with van der Waals surface area (Å²) in [7, 11) is 0.136. The van der Waals surface area contributed by atoms with Gasteiger partial charge in [-0.15, -0.1) is 0 Å². The molecule has 0 heterocycles. The number of hydrogen-bond acceptors (Lipinski definition) is 4. The van der Waals surface area contributed by atoms with Gasteiger partial charge in [0.15, 0.2) is 0 Å². The standard InChI is InChI=1S/C13H19Cl2N3O3S/c1-17(2)7-6-16-13(19)9-18(22(3,20)21)10-4-5-11(14)12(15)8-10/h4-5,8H,6-7,9H2,1-3H3,(H,16,19). The van der Waals surface area contributed by atoms with Crippen LogP contribution in [0.3, 0.4) is 0 Å². The van der Waals surface area contributed by atoms with Gasteiger partial charge < -0.3 is 10.2 Å². The van der Waals surface area contributed by atoms with Gasteiger partial charge in [0, 0.05) is 13.1 Å². The minimum atomic E-state index is -3.62. The first-order chi connectivity index (χ1) is 10.1. The van der Waals surface area contributed by atoms with Crippen LogP contribution < -0.4 is 9.62 Å². The number of sulfonamides is 1. The molecule has 0 radical (unpaired) electrons. The predicted octanol–water partition coefficient (Wildman–Crippen LogP) is 1.44. The van der Waals surface area contributed by atoms with Crippen LogP contribution in [0.1, 0.15) is 0 Å². The van der Waals surface area contributed by atoms with E-state index in [2.05, 4.69) is 5.32 Å². The first-order valence-corrected chi connectivity index (χ1v) is 9.06. The minimum absolute atomic E-state index is 0.223. The summed E-state index contributed by atoms with van der Waals surface area (Å²) in [6.45, 7) is 0.784. The Morgan fingerprint density at radius 2 is 1.86 bits per heavy atom. The van der Waals surface area contributed by atoms with E-state index in [1.165, 1.54) is 18.2 Å². The van der Waals surface area contributed by atoms with Crippen LogP contribution in [0, 0.1) is 0 Å². The number of amides is 1. The lowest BCUT2D eigenvalue weighted by Gasteiger charge is -2.22. The van der Waals surface area contributed by atoms with Gasteiger partial charge in [-0.2, -0.15) is 0 Å². The highest BCUT2D eigenvalue weighted by Gasteiger charge is 2.21. The van der Waals surface area contributed by atoms with Crippen molar-refractivity contribution in [2.75, 3.05) is 44.3 Å². The summed E-state index contributed by atoms with van der Waals surface area (Å²) in [5, 5.41) is 3.20. The van der Waals surface area contributed by atoms with Crippen LogP contribution in [0.25, 0.3) is 0 Å². The van der Waals surface area contributed by atoms with Gasteiger partial charge in [-0.25, -0.2) is 8.42 Å². The van der Waals surface area contributed by atoms with Gasteiger partial charge >= 0.3 is 0 Å². The highest BCUT2D eigenvalue weighted by atomic mass is 35.5. The van der Waals surface area contributed by atoms with Crippen LogP contribution in [0.5, 0.6) is 0 Å². The summed E-state index contributed by atoms with van der Waals surface area (Å²) in [6, 6.07) is 4.40. The zero-order valence-corrected chi connectivity index (χ0v) is 15.0. The van der Waals surface area contributed by atoms with Crippen molar-refractivity contribution in [3.8, 4) is 0 Å². The lowest BCUT2D eigenvalue weighted by molar-refractivity contribution is -0.119. The van der Waals surface area contributed by atoms with Gasteiger partial charge in [-0.3, -0.25) is 9.10 Å². The second kappa shape index (κ2) is 8.01. The van der Waals surface area contributed by atoms with Crippen LogP contribution in [-0.2, 0) is 14.8 Å². The molecule has 0 atom stereocenters.